The van der Waals surface area contributed by atoms with Gasteiger partial charge in [0.05, 0.1) is 0 Å². The zero-order valence-electron chi connectivity index (χ0n) is 6.56. The maximum Gasteiger partial charge on any atom is 0.198 e. The van der Waals surface area contributed by atoms with E-state index in [0.29, 0.717) is 12.0 Å². The molecule has 0 unspecified atom stereocenters. The highest BCUT2D eigenvalue weighted by Crippen LogP contribution is 2.35. The van der Waals surface area contributed by atoms with Gasteiger partial charge in [-0.15, -0.1) is 0 Å². The van der Waals surface area contributed by atoms with Crippen LogP contribution in [0.5, 0.6) is 0 Å². The molecule has 1 nitrogen and oxygen atoms in total. The van der Waals surface area contributed by atoms with E-state index in [1.807, 2.05) is 0 Å². The van der Waals surface area contributed by atoms with Crippen LogP contribution in [0, 0.1) is 12.7 Å². The molecule has 3 heteroatoms. The number of thioether (sulfide) groups is 1. The van der Waals surface area contributed by atoms with E-state index in [4.69, 9.17) is 0 Å². The van der Waals surface area contributed by atoms with Crippen LogP contribution < -0.4 is 0 Å². The number of benzene rings is 1. The van der Waals surface area contributed by atoms with Crippen LogP contribution >= 0.6 is 11.8 Å². The first-order chi connectivity index (χ1) is 5.68. The fourth-order valence-corrected chi connectivity index (χ4v) is 2.29. The van der Waals surface area contributed by atoms with E-state index < -0.39 is 0 Å². The first-order valence-corrected chi connectivity index (χ1v) is 4.49. The first-order valence-electron chi connectivity index (χ1n) is 3.67. The van der Waals surface area contributed by atoms with Gasteiger partial charge in [-0.2, -0.15) is 0 Å². The van der Waals surface area contributed by atoms with Crippen molar-refractivity contribution < 1.29 is 9.18 Å². The van der Waals surface area contributed by atoms with Gasteiger partial charge in [-0.25, -0.2) is 4.39 Å². The molecule has 0 saturated heterocycles. The van der Waals surface area contributed by atoms with Crippen molar-refractivity contribution in [1.82, 2.24) is 0 Å². The van der Waals surface area contributed by atoms with E-state index in [-0.39, 0.29) is 10.9 Å². The molecular weight excluding hydrogens is 175 g/mol. The molecule has 0 aliphatic carbocycles. The minimum Gasteiger partial charge on any atom is -0.286 e. The van der Waals surface area contributed by atoms with Crippen molar-refractivity contribution in [2.24, 2.45) is 0 Å². The number of carbonyl (C=O) groups is 1. The molecule has 0 fully saturated rings. The van der Waals surface area contributed by atoms with E-state index in [0.717, 1.165) is 22.2 Å². The van der Waals surface area contributed by atoms with Gasteiger partial charge in [0.2, 0.25) is 0 Å². The lowest BCUT2D eigenvalue weighted by Gasteiger charge is -2.01. The first kappa shape index (κ1) is 7.80. The van der Waals surface area contributed by atoms with E-state index in [2.05, 4.69) is 0 Å². The van der Waals surface area contributed by atoms with E-state index in [1.165, 1.54) is 6.07 Å². The van der Waals surface area contributed by atoms with Gasteiger partial charge >= 0.3 is 0 Å². The molecule has 1 aromatic rings. The highest BCUT2D eigenvalue weighted by molar-refractivity contribution is 8.14. The van der Waals surface area contributed by atoms with Crippen molar-refractivity contribution in [2.45, 2.75) is 18.2 Å². The number of halogens is 1. The van der Waals surface area contributed by atoms with Crippen LogP contribution in [-0.4, -0.2) is 5.12 Å². The Labute approximate surface area is 74.0 Å². The predicted octanol–water partition coefficient (Wildman–Crippen LogP) is 2.31. The molecule has 0 aromatic heterocycles. The second kappa shape index (κ2) is 2.59. The molecule has 1 aliphatic heterocycles. The molecule has 1 aliphatic rings. The zero-order chi connectivity index (χ0) is 8.72. The van der Waals surface area contributed by atoms with Crippen LogP contribution in [0.25, 0.3) is 0 Å². The van der Waals surface area contributed by atoms with E-state index in [9.17, 15) is 9.18 Å². The Morgan fingerprint density at radius 1 is 1.50 bits per heavy atom. The molecular formula is C9H7FOS. The van der Waals surface area contributed by atoms with Gasteiger partial charge in [-0.05, 0) is 24.1 Å². The summed E-state index contributed by atoms with van der Waals surface area (Å²) in [4.78, 5) is 11.8. The summed E-state index contributed by atoms with van der Waals surface area (Å²) in [6, 6.07) is 3.11. The second-order valence-corrected chi connectivity index (χ2v) is 3.88. The Balaban J connectivity index is 2.61. The third-order valence-corrected chi connectivity index (χ3v) is 3.12. The Morgan fingerprint density at radius 2 is 2.25 bits per heavy atom. The van der Waals surface area contributed by atoms with Gasteiger partial charge < -0.3 is 0 Å². The van der Waals surface area contributed by atoms with Crippen LogP contribution in [0.15, 0.2) is 17.0 Å². The van der Waals surface area contributed by atoms with Gasteiger partial charge in [0.15, 0.2) is 5.12 Å². The number of hydrogen-bond donors (Lipinski definition) is 0. The van der Waals surface area contributed by atoms with E-state index in [1.54, 1.807) is 13.0 Å². The van der Waals surface area contributed by atoms with Crippen LogP contribution in [-0.2, 0) is 11.2 Å². The molecule has 0 spiro atoms. The SMILES string of the molecule is Cc1c(F)ccc2c1SC(=O)C2. The Morgan fingerprint density at radius 3 is 3.00 bits per heavy atom. The van der Waals surface area contributed by atoms with Crippen molar-refractivity contribution in [1.29, 1.82) is 0 Å². The number of carbonyl (C=O) groups excluding carboxylic acids is 1. The van der Waals surface area contributed by atoms with Crippen LogP contribution in [0.2, 0.25) is 0 Å². The van der Waals surface area contributed by atoms with Crippen molar-refractivity contribution in [3.05, 3.63) is 29.1 Å². The summed E-state index contributed by atoms with van der Waals surface area (Å²) in [5.74, 6) is -0.226. The average Bonchev–Trinajstić information content (AvgIpc) is 2.39. The van der Waals surface area contributed by atoms with Crippen molar-refractivity contribution >= 4 is 16.9 Å². The minimum atomic E-state index is -0.226. The van der Waals surface area contributed by atoms with Crippen LogP contribution in [0.3, 0.4) is 0 Å². The summed E-state index contributed by atoms with van der Waals surface area (Å²) in [5.41, 5.74) is 1.56. The third kappa shape index (κ3) is 1.05. The smallest absolute Gasteiger partial charge is 0.198 e. The highest BCUT2D eigenvalue weighted by atomic mass is 32.2. The lowest BCUT2D eigenvalue weighted by atomic mass is 10.1. The third-order valence-electron chi connectivity index (χ3n) is 1.97. The molecule has 62 valence electrons. The van der Waals surface area contributed by atoms with Crippen LogP contribution in [0.1, 0.15) is 11.1 Å². The molecule has 0 saturated carbocycles. The van der Waals surface area contributed by atoms with Crippen molar-refractivity contribution in [3.63, 3.8) is 0 Å². The molecule has 1 heterocycles. The summed E-state index contributed by atoms with van der Waals surface area (Å²) in [7, 11) is 0. The van der Waals surface area contributed by atoms with E-state index >= 15 is 0 Å². The number of rotatable bonds is 0. The molecule has 2 rings (SSSR count). The highest BCUT2D eigenvalue weighted by Gasteiger charge is 2.22. The molecule has 1 aromatic carbocycles. The Bertz CT molecular complexity index is 360. The maximum atomic E-state index is 13.0. The lowest BCUT2D eigenvalue weighted by Crippen LogP contribution is -1.88. The molecule has 0 N–H and O–H groups in total. The van der Waals surface area contributed by atoms with Gasteiger partial charge in [0, 0.05) is 11.3 Å². The Kier molecular flexibility index (Phi) is 1.68. The molecule has 0 radical (unpaired) electrons. The fraction of sp³-hybridized carbons (Fsp3) is 0.222. The zero-order valence-corrected chi connectivity index (χ0v) is 7.37. The van der Waals surface area contributed by atoms with Gasteiger partial charge in [0.25, 0.3) is 0 Å². The quantitative estimate of drug-likeness (QED) is 0.612. The summed E-state index contributed by atoms with van der Waals surface area (Å²) in [6.07, 6.45) is 0.446. The molecule has 0 amide bonds. The topological polar surface area (TPSA) is 17.1 Å². The lowest BCUT2D eigenvalue weighted by molar-refractivity contribution is -0.110. The normalized spacial score (nSPS) is 15.0. The molecule has 12 heavy (non-hydrogen) atoms. The van der Waals surface area contributed by atoms with Gasteiger partial charge in [-0.1, -0.05) is 17.8 Å². The summed E-state index contributed by atoms with van der Waals surface area (Å²) in [5, 5.41) is 0.110. The average molecular weight is 182 g/mol. The van der Waals surface area contributed by atoms with Gasteiger partial charge in [0.1, 0.15) is 5.82 Å². The largest absolute Gasteiger partial charge is 0.286 e. The van der Waals surface area contributed by atoms with Gasteiger partial charge in [-0.3, -0.25) is 4.79 Å². The van der Waals surface area contributed by atoms with Crippen molar-refractivity contribution in [2.75, 3.05) is 0 Å². The second-order valence-electron chi connectivity index (χ2n) is 2.81. The number of fused-ring (bicyclic) bond motifs is 1. The Hall–Kier alpha value is -0.830. The number of hydrogen-bond acceptors (Lipinski definition) is 2. The fourth-order valence-electron chi connectivity index (χ4n) is 1.31. The predicted molar refractivity (Wildman–Crippen MR) is 45.7 cm³/mol. The maximum absolute atomic E-state index is 13.0. The standard InChI is InChI=1S/C9H7FOS/c1-5-7(10)3-2-6-4-8(11)12-9(5)6/h2-3H,4H2,1H3. The molecule has 0 bridgehead atoms. The monoisotopic (exact) mass is 182 g/mol. The van der Waals surface area contributed by atoms with Crippen LogP contribution in [0.4, 0.5) is 4.39 Å². The minimum absolute atomic E-state index is 0.110. The molecule has 0 atom stereocenters. The summed E-state index contributed by atoms with van der Waals surface area (Å²) in [6.45, 7) is 1.71. The summed E-state index contributed by atoms with van der Waals surface area (Å²) < 4.78 is 13.0. The van der Waals surface area contributed by atoms with Crippen molar-refractivity contribution in [3.8, 4) is 0 Å². The summed E-state index contributed by atoms with van der Waals surface area (Å²) >= 11 is 1.15.